The van der Waals surface area contributed by atoms with E-state index in [4.69, 9.17) is 12.2 Å². The molecule has 29 heavy (non-hydrogen) atoms. The van der Waals surface area contributed by atoms with Crippen LogP contribution < -0.4 is 5.32 Å². The fourth-order valence-electron chi connectivity index (χ4n) is 2.57. The monoisotopic (exact) mass is 458 g/mol. The standard InChI is InChI=1S/C19H14N4O2S4/c24-15(20-18-21-16(22-29-18)13-7-4-10-27-13)8-9-23-17(25)14(28-19(23)26)11-12-5-2-1-3-6-12/h1-7,10-11H,8-9H2,(H,20,21,22,24)/b14-11+. The molecule has 10 heteroatoms. The minimum Gasteiger partial charge on any atom is -0.301 e. The zero-order valence-corrected chi connectivity index (χ0v) is 18.2. The number of hydrogen-bond donors (Lipinski definition) is 1. The van der Waals surface area contributed by atoms with Crippen molar-refractivity contribution in [1.82, 2.24) is 14.3 Å². The lowest BCUT2D eigenvalue weighted by Crippen LogP contribution is -2.31. The zero-order valence-electron chi connectivity index (χ0n) is 14.9. The molecule has 1 N–H and O–H groups in total. The Hall–Kier alpha value is -2.40. The van der Waals surface area contributed by atoms with Crippen molar-refractivity contribution in [2.75, 3.05) is 11.9 Å². The van der Waals surface area contributed by atoms with Gasteiger partial charge in [-0.25, -0.2) is 0 Å². The van der Waals surface area contributed by atoms with Crippen molar-refractivity contribution in [2.45, 2.75) is 6.42 Å². The molecule has 0 unspecified atom stereocenters. The number of rotatable bonds is 6. The molecule has 2 aromatic heterocycles. The number of thiocarbonyl (C=S) groups is 1. The highest BCUT2D eigenvalue weighted by atomic mass is 32.2. The van der Waals surface area contributed by atoms with E-state index in [1.165, 1.54) is 28.0 Å². The van der Waals surface area contributed by atoms with E-state index >= 15 is 0 Å². The zero-order chi connectivity index (χ0) is 20.2. The molecule has 1 fully saturated rings. The van der Waals surface area contributed by atoms with Crippen molar-refractivity contribution >= 4 is 74.2 Å². The summed E-state index contributed by atoms with van der Waals surface area (Å²) in [4.78, 5) is 32.2. The highest BCUT2D eigenvalue weighted by Crippen LogP contribution is 2.32. The molecule has 6 nitrogen and oxygen atoms in total. The summed E-state index contributed by atoms with van der Waals surface area (Å²) < 4.78 is 4.71. The smallest absolute Gasteiger partial charge is 0.266 e. The molecule has 0 aliphatic carbocycles. The fraction of sp³-hybridized carbons (Fsp3) is 0.105. The molecule has 3 aromatic rings. The first-order valence-corrected chi connectivity index (χ1v) is 11.5. The molecular weight excluding hydrogens is 445 g/mol. The van der Waals surface area contributed by atoms with Gasteiger partial charge in [-0.05, 0) is 23.1 Å². The van der Waals surface area contributed by atoms with Crippen LogP contribution in [0.2, 0.25) is 0 Å². The SMILES string of the molecule is O=C(CCN1C(=O)/C(=C\c2ccccc2)SC1=S)Nc1nc(-c2cccs2)ns1. The number of nitrogens with zero attached hydrogens (tertiary/aromatic N) is 3. The third kappa shape index (κ3) is 4.78. The molecule has 1 aliphatic heterocycles. The van der Waals surface area contributed by atoms with Crippen molar-refractivity contribution in [2.24, 2.45) is 0 Å². The Morgan fingerprint density at radius 2 is 2.03 bits per heavy atom. The molecule has 4 rings (SSSR count). The largest absolute Gasteiger partial charge is 0.301 e. The molecule has 2 amide bonds. The van der Waals surface area contributed by atoms with Crippen molar-refractivity contribution in [3.8, 4) is 10.7 Å². The second-order valence-corrected chi connectivity index (χ2v) is 9.32. The molecule has 1 aliphatic rings. The molecular formula is C19H14N4O2S4. The molecule has 0 spiro atoms. The third-order valence-electron chi connectivity index (χ3n) is 3.95. The first-order valence-electron chi connectivity index (χ1n) is 8.58. The minimum atomic E-state index is -0.236. The Morgan fingerprint density at radius 3 is 2.79 bits per heavy atom. The summed E-state index contributed by atoms with van der Waals surface area (Å²) in [5.41, 5.74) is 0.934. The minimum absolute atomic E-state index is 0.124. The third-order valence-corrected chi connectivity index (χ3v) is 6.82. The Labute approximate surface area is 184 Å². The van der Waals surface area contributed by atoms with Crippen LogP contribution in [0.1, 0.15) is 12.0 Å². The van der Waals surface area contributed by atoms with E-state index < -0.39 is 0 Å². The van der Waals surface area contributed by atoms with E-state index in [1.807, 2.05) is 53.9 Å². The van der Waals surface area contributed by atoms with E-state index in [0.29, 0.717) is 20.2 Å². The van der Waals surface area contributed by atoms with E-state index in [9.17, 15) is 9.59 Å². The number of aromatic nitrogens is 2. The van der Waals surface area contributed by atoms with Crippen LogP contribution in [0.25, 0.3) is 16.8 Å². The van der Waals surface area contributed by atoms with Crippen molar-refractivity contribution in [1.29, 1.82) is 0 Å². The molecule has 3 heterocycles. The van der Waals surface area contributed by atoms with Gasteiger partial charge in [-0.1, -0.05) is 60.4 Å². The summed E-state index contributed by atoms with van der Waals surface area (Å²) in [5.74, 6) is 0.191. The molecule has 0 radical (unpaired) electrons. The summed E-state index contributed by atoms with van der Waals surface area (Å²) in [7, 11) is 0. The topological polar surface area (TPSA) is 75.2 Å². The first-order chi connectivity index (χ1) is 14.1. The lowest BCUT2D eigenvalue weighted by Gasteiger charge is -2.13. The van der Waals surface area contributed by atoms with Gasteiger partial charge in [0.15, 0.2) is 5.82 Å². The van der Waals surface area contributed by atoms with Crippen molar-refractivity contribution in [3.63, 3.8) is 0 Å². The van der Waals surface area contributed by atoms with Crippen LogP contribution in [0.15, 0.2) is 52.7 Å². The van der Waals surface area contributed by atoms with Crippen LogP contribution in [-0.4, -0.2) is 36.9 Å². The molecule has 0 saturated carbocycles. The maximum absolute atomic E-state index is 12.6. The van der Waals surface area contributed by atoms with Crippen LogP contribution in [0, 0.1) is 0 Å². The van der Waals surface area contributed by atoms with Crippen LogP contribution in [0.5, 0.6) is 0 Å². The number of amides is 2. The molecule has 0 bridgehead atoms. The van der Waals surface area contributed by atoms with Gasteiger partial charge in [0.2, 0.25) is 11.0 Å². The highest BCUT2D eigenvalue weighted by molar-refractivity contribution is 8.26. The van der Waals surface area contributed by atoms with Crippen LogP contribution in [0.3, 0.4) is 0 Å². The predicted molar refractivity (Wildman–Crippen MR) is 123 cm³/mol. The van der Waals surface area contributed by atoms with Gasteiger partial charge in [-0.3, -0.25) is 14.5 Å². The van der Waals surface area contributed by atoms with Gasteiger partial charge in [0, 0.05) is 24.5 Å². The van der Waals surface area contributed by atoms with Crippen LogP contribution >= 0.6 is 46.8 Å². The van der Waals surface area contributed by atoms with E-state index in [2.05, 4.69) is 14.7 Å². The summed E-state index contributed by atoms with van der Waals surface area (Å²) in [5, 5.41) is 5.12. The van der Waals surface area contributed by atoms with Gasteiger partial charge < -0.3 is 5.32 Å². The maximum atomic E-state index is 12.6. The summed E-state index contributed by atoms with van der Waals surface area (Å²) in [6, 6.07) is 13.4. The second kappa shape index (κ2) is 8.95. The van der Waals surface area contributed by atoms with Gasteiger partial charge in [0.1, 0.15) is 4.32 Å². The second-order valence-electron chi connectivity index (χ2n) is 5.94. The summed E-state index contributed by atoms with van der Waals surface area (Å²) in [6.45, 7) is 0.221. The van der Waals surface area contributed by atoms with Crippen LogP contribution in [0.4, 0.5) is 5.13 Å². The average molecular weight is 459 g/mol. The number of thiophene rings is 1. The van der Waals surface area contributed by atoms with E-state index in [0.717, 1.165) is 22.0 Å². The number of anilines is 1. The first kappa shape index (κ1) is 19.9. The van der Waals surface area contributed by atoms with Gasteiger partial charge in [0.05, 0.1) is 9.78 Å². The quantitative estimate of drug-likeness (QED) is 0.433. The van der Waals surface area contributed by atoms with Crippen LogP contribution in [-0.2, 0) is 9.59 Å². The number of nitrogens with one attached hydrogen (secondary N) is 1. The van der Waals surface area contributed by atoms with Gasteiger partial charge in [0.25, 0.3) is 5.91 Å². The summed E-state index contributed by atoms with van der Waals surface area (Å²) >= 11 is 9.24. The van der Waals surface area contributed by atoms with E-state index in [1.54, 1.807) is 0 Å². The molecule has 1 aromatic carbocycles. The average Bonchev–Trinajstić information content (AvgIpc) is 3.44. The van der Waals surface area contributed by atoms with Gasteiger partial charge in [-0.15, -0.1) is 11.3 Å². The maximum Gasteiger partial charge on any atom is 0.266 e. The molecule has 146 valence electrons. The van der Waals surface area contributed by atoms with Gasteiger partial charge in [-0.2, -0.15) is 9.36 Å². The Morgan fingerprint density at radius 1 is 1.21 bits per heavy atom. The lowest BCUT2D eigenvalue weighted by atomic mass is 10.2. The Balaban J connectivity index is 1.34. The fourth-order valence-corrected chi connectivity index (χ4v) is 5.19. The molecule has 1 saturated heterocycles. The highest BCUT2D eigenvalue weighted by Gasteiger charge is 2.32. The number of hydrogen-bond acceptors (Lipinski definition) is 8. The predicted octanol–water partition coefficient (Wildman–Crippen LogP) is 4.50. The van der Waals surface area contributed by atoms with Crippen molar-refractivity contribution in [3.05, 3.63) is 58.3 Å². The van der Waals surface area contributed by atoms with E-state index in [-0.39, 0.29) is 24.8 Å². The Bertz CT molecular complexity index is 1080. The van der Waals surface area contributed by atoms with Gasteiger partial charge >= 0.3 is 0 Å². The summed E-state index contributed by atoms with van der Waals surface area (Å²) in [6.07, 6.45) is 1.94. The lowest BCUT2D eigenvalue weighted by molar-refractivity contribution is -0.122. The Kier molecular flexibility index (Phi) is 6.14. The normalized spacial score (nSPS) is 15.3. The number of thioether (sulfide) groups is 1. The molecule has 0 atom stereocenters. The number of carbonyl (C=O) groups excluding carboxylic acids is 2. The van der Waals surface area contributed by atoms with Crippen molar-refractivity contribution < 1.29 is 9.59 Å². The number of carbonyl (C=O) groups is 2. The number of benzene rings is 1.